The predicted molar refractivity (Wildman–Crippen MR) is 29.3 cm³/mol. The fourth-order valence-electron chi connectivity index (χ4n) is 0.118. The summed E-state index contributed by atoms with van der Waals surface area (Å²) in [6.45, 7) is 9.37. The molecule has 1 radical (unpaired) electrons. The van der Waals surface area contributed by atoms with Crippen LogP contribution in [0.2, 0.25) is 0 Å². The Labute approximate surface area is 39.9 Å². The van der Waals surface area contributed by atoms with Gasteiger partial charge in [0.05, 0.1) is 0 Å². The van der Waals surface area contributed by atoms with Crippen LogP contribution in [-0.2, 0) is 0 Å². The van der Waals surface area contributed by atoms with Crippen molar-refractivity contribution in [3.05, 3.63) is 19.6 Å². The molecule has 0 heterocycles. The number of rotatable bonds is 2. The Kier molecular flexibility index (Phi) is 2.82. The molecular weight excluding hydrogens is 72.1 g/mol. The molecule has 0 heteroatoms. The van der Waals surface area contributed by atoms with Gasteiger partial charge in [-0.3, -0.25) is 0 Å². The van der Waals surface area contributed by atoms with Crippen LogP contribution in [0.3, 0.4) is 0 Å². The summed E-state index contributed by atoms with van der Waals surface area (Å²) in [7, 11) is 0. The van der Waals surface area contributed by atoms with Gasteiger partial charge in [-0.1, -0.05) is 19.9 Å². The molecule has 0 bridgehead atoms. The largest absolute Gasteiger partial charge is 0.103 e. The molecule has 0 saturated heterocycles. The van der Waals surface area contributed by atoms with E-state index < -0.39 is 0 Å². The Morgan fingerprint density at radius 2 is 2.33 bits per heavy atom. The number of hydrogen-bond donors (Lipinski definition) is 0. The first-order valence-electron chi connectivity index (χ1n) is 2.23. The van der Waals surface area contributed by atoms with E-state index in [1.165, 1.54) is 0 Å². The molecule has 0 aromatic rings. The van der Waals surface area contributed by atoms with Crippen LogP contribution in [-0.4, -0.2) is 0 Å². The highest BCUT2D eigenvalue weighted by molar-refractivity contribution is 4.74. The molecule has 0 aromatic heterocycles. The zero-order valence-corrected chi connectivity index (χ0v) is 4.28. The van der Waals surface area contributed by atoms with E-state index in [0.29, 0.717) is 5.92 Å². The van der Waals surface area contributed by atoms with E-state index >= 15 is 0 Å². The first-order chi connectivity index (χ1) is 2.81. The van der Waals surface area contributed by atoms with Gasteiger partial charge in [0.15, 0.2) is 0 Å². The molecule has 35 valence electrons. The first kappa shape index (κ1) is 5.74. The lowest BCUT2D eigenvalue weighted by Gasteiger charge is -1.93. The standard InChI is InChI=1S/C6H11/c1-4-6(3)5-2/h4,6H,1-2,5H2,3H3. The van der Waals surface area contributed by atoms with Crippen LogP contribution in [0.25, 0.3) is 0 Å². The van der Waals surface area contributed by atoms with Crippen molar-refractivity contribution in [1.82, 2.24) is 0 Å². The van der Waals surface area contributed by atoms with Crippen molar-refractivity contribution in [1.29, 1.82) is 0 Å². The van der Waals surface area contributed by atoms with Gasteiger partial charge in [-0.2, -0.15) is 0 Å². The minimum absolute atomic E-state index is 0.588. The van der Waals surface area contributed by atoms with Crippen LogP contribution in [0.5, 0.6) is 0 Å². The summed E-state index contributed by atoms with van der Waals surface area (Å²) >= 11 is 0. The molecule has 0 saturated carbocycles. The summed E-state index contributed by atoms with van der Waals surface area (Å²) in [5.74, 6) is 0.588. The van der Waals surface area contributed by atoms with Gasteiger partial charge in [0, 0.05) is 0 Å². The Hall–Kier alpha value is -0.260. The summed E-state index contributed by atoms with van der Waals surface area (Å²) in [6, 6.07) is 0. The molecule has 0 fully saturated rings. The molecule has 1 unspecified atom stereocenters. The zero-order valence-electron chi connectivity index (χ0n) is 4.28. The van der Waals surface area contributed by atoms with E-state index in [2.05, 4.69) is 20.4 Å². The predicted octanol–water partition coefficient (Wildman–Crippen LogP) is 2.03. The molecular formula is C6H11. The van der Waals surface area contributed by atoms with Gasteiger partial charge in [0.2, 0.25) is 0 Å². The molecule has 0 amide bonds. The van der Waals surface area contributed by atoms with Crippen LogP contribution >= 0.6 is 0 Å². The van der Waals surface area contributed by atoms with Crippen molar-refractivity contribution in [3.63, 3.8) is 0 Å². The molecule has 0 aliphatic heterocycles. The van der Waals surface area contributed by atoms with E-state index in [0.717, 1.165) is 6.42 Å². The topological polar surface area (TPSA) is 0 Å². The molecule has 0 aliphatic carbocycles. The smallest absolute Gasteiger partial charge is 0.0265 e. The second kappa shape index (κ2) is 2.95. The third-order valence-corrected chi connectivity index (χ3v) is 0.858. The molecule has 0 nitrogen and oxygen atoms in total. The van der Waals surface area contributed by atoms with E-state index in [1.54, 1.807) is 0 Å². The molecule has 6 heavy (non-hydrogen) atoms. The molecule has 0 N–H and O–H groups in total. The summed E-state index contributed by atoms with van der Waals surface area (Å²) in [5, 5.41) is 0. The quantitative estimate of drug-likeness (QED) is 0.448. The fourth-order valence-corrected chi connectivity index (χ4v) is 0.118. The Balaban J connectivity index is 2.96. The summed E-state index contributed by atoms with van der Waals surface area (Å²) in [6.07, 6.45) is 2.87. The van der Waals surface area contributed by atoms with Crippen molar-refractivity contribution >= 4 is 0 Å². The summed E-state index contributed by atoms with van der Waals surface area (Å²) in [4.78, 5) is 0. The van der Waals surface area contributed by atoms with Crippen molar-refractivity contribution in [2.45, 2.75) is 13.3 Å². The lowest BCUT2D eigenvalue weighted by molar-refractivity contribution is 0.744. The highest BCUT2D eigenvalue weighted by Crippen LogP contribution is 1.97. The van der Waals surface area contributed by atoms with Crippen LogP contribution in [0.1, 0.15) is 13.3 Å². The highest BCUT2D eigenvalue weighted by atomic mass is 13.9. The Bertz CT molecular complexity index is 37.3. The van der Waals surface area contributed by atoms with Crippen molar-refractivity contribution in [2.24, 2.45) is 5.92 Å². The average molecular weight is 83.2 g/mol. The van der Waals surface area contributed by atoms with Crippen molar-refractivity contribution in [2.75, 3.05) is 0 Å². The second-order valence-electron chi connectivity index (χ2n) is 1.50. The molecule has 0 spiro atoms. The maximum atomic E-state index is 3.69. The van der Waals surface area contributed by atoms with Gasteiger partial charge in [-0.05, 0) is 12.3 Å². The summed E-state index contributed by atoms with van der Waals surface area (Å²) < 4.78 is 0. The molecule has 0 aromatic carbocycles. The van der Waals surface area contributed by atoms with E-state index in [1.807, 2.05) is 6.08 Å². The third kappa shape index (κ3) is 2.01. The van der Waals surface area contributed by atoms with Crippen LogP contribution in [0.15, 0.2) is 12.7 Å². The van der Waals surface area contributed by atoms with Crippen LogP contribution in [0, 0.1) is 12.8 Å². The maximum absolute atomic E-state index is 3.69. The maximum Gasteiger partial charge on any atom is -0.0265 e. The number of hydrogen-bond acceptors (Lipinski definition) is 0. The van der Waals surface area contributed by atoms with Gasteiger partial charge < -0.3 is 0 Å². The second-order valence-corrected chi connectivity index (χ2v) is 1.50. The van der Waals surface area contributed by atoms with Crippen LogP contribution < -0.4 is 0 Å². The molecule has 0 rings (SSSR count). The fraction of sp³-hybridized carbons (Fsp3) is 0.500. The van der Waals surface area contributed by atoms with Gasteiger partial charge in [0.1, 0.15) is 0 Å². The normalized spacial score (nSPS) is 13.7. The van der Waals surface area contributed by atoms with E-state index in [4.69, 9.17) is 0 Å². The third-order valence-electron chi connectivity index (χ3n) is 0.858. The van der Waals surface area contributed by atoms with Gasteiger partial charge in [-0.15, -0.1) is 6.58 Å². The monoisotopic (exact) mass is 83.1 g/mol. The van der Waals surface area contributed by atoms with Gasteiger partial charge >= 0.3 is 0 Å². The van der Waals surface area contributed by atoms with Gasteiger partial charge in [-0.25, -0.2) is 0 Å². The Morgan fingerprint density at radius 3 is 2.33 bits per heavy atom. The SMILES string of the molecule is [CH2]CC(C)C=C. The minimum Gasteiger partial charge on any atom is -0.103 e. The average Bonchev–Trinajstić information content (AvgIpc) is 1.65. The van der Waals surface area contributed by atoms with Crippen molar-refractivity contribution < 1.29 is 0 Å². The molecule has 1 atom stereocenters. The van der Waals surface area contributed by atoms with Crippen molar-refractivity contribution in [3.8, 4) is 0 Å². The molecule has 0 aliphatic rings. The lowest BCUT2D eigenvalue weighted by atomic mass is 10.1. The van der Waals surface area contributed by atoms with E-state index in [9.17, 15) is 0 Å². The highest BCUT2D eigenvalue weighted by Gasteiger charge is 1.84. The Morgan fingerprint density at radius 1 is 1.83 bits per heavy atom. The van der Waals surface area contributed by atoms with Crippen LogP contribution in [0.4, 0.5) is 0 Å². The minimum atomic E-state index is 0.588. The number of allylic oxidation sites excluding steroid dienone is 1. The van der Waals surface area contributed by atoms with E-state index in [-0.39, 0.29) is 0 Å². The lowest BCUT2D eigenvalue weighted by Crippen LogP contribution is -1.80. The first-order valence-corrected chi connectivity index (χ1v) is 2.23. The zero-order chi connectivity index (χ0) is 4.99. The summed E-state index contributed by atoms with van der Waals surface area (Å²) in [5.41, 5.74) is 0. The van der Waals surface area contributed by atoms with Gasteiger partial charge in [0.25, 0.3) is 0 Å².